The lowest BCUT2D eigenvalue weighted by atomic mass is 10.1. The highest BCUT2D eigenvalue weighted by Gasteiger charge is 2.19. The van der Waals surface area contributed by atoms with Gasteiger partial charge in [-0.2, -0.15) is 5.26 Å². The van der Waals surface area contributed by atoms with Crippen molar-refractivity contribution in [1.29, 1.82) is 5.26 Å². The largest absolute Gasteiger partial charge is 0.355 e. The third-order valence-electron chi connectivity index (χ3n) is 6.48. The number of amides is 2. The molecule has 0 spiro atoms. The Morgan fingerprint density at radius 3 is 2.33 bits per heavy atom. The average molecular weight is 481 g/mol. The summed E-state index contributed by atoms with van der Waals surface area (Å²) >= 11 is 0. The van der Waals surface area contributed by atoms with Gasteiger partial charge in [0.15, 0.2) is 0 Å². The second-order valence-corrected chi connectivity index (χ2v) is 9.16. The Morgan fingerprint density at radius 1 is 0.889 bits per heavy atom. The van der Waals surface area contributed by atoms with Crippen LogP contribution in [-0.4, -0.2) is 42.9 Å². The minimum atomic E-state index is -0.161. The van der Waals surface area contributed by atoms with Crippen LogP contribution < -0.4 is 10.2 Å². The van der Waals surface area contributed by atoms with Crippen molar-refractivity contribution >= 4 is 17.5 Å². The van der Waals surface area contributed by atoms with Gasteiger partial charge in [-0.3, -0.25) is 9.59 Å². The molecule has 1 aliphatic rings. The van der Waals surface area contributed by atoms with Gasteiger partial charge in [0.1, 0.15) is 0 Å². The Labute approximate surface area is 213 Å². The SMILES string of the molecule is N#Cc1ccc(C(=O)N(Cc2ccccc2)c2cccc(CC(=O)NCCN3CCCCC3)c2)cc1. The second kappa shape index (κ2) is 12.7. The number of anilines is 1. The molecule has 36 heavy (non-hydrogen) atoms. The fourth-order valence-electron chi connectivity index (χ4n) is 4.51. The number of rotatable bonds is 9. The molecule has 3 aromatic carbocycles. The number of nitriles is 1. The first-order chi connectivity index (χ1) is 17.6. The minimum absolute atomic E-state index is 0.0165. The van der Waals surface area contributed by atoms with Crippen LogP contribution in [0.25, 0.3) is 0 Å². The Balaban J connectivity index is 1.46. The molecule has 1 fully saturated rings. The smallest absolute Gasteiger partial charge is 0.258 e. The van der Waals surface area contributed by atoms with Crippen molar-refractivity contribution in [3.8, 4) is 6.07 Å². The fourth-order valence-corrected chi connectivity index (χ4v) is 4.51. The fraction of sp³-hybridized carbons (Fsp3) is 0.300. The molecular formula is C30H32N4O2. The zero-order valence-electron chi connectivity index (χ0n) is 20.5. The van der Waals surface area contributed by atoms with E-state index in [-0.39, 0.29) is 18.2 Å². The predicted molar refractivity (Wildman–Crippen MR) is 142 cm³/mol. The Hall–Kier alpha value is -3.95. The first-order valence-electron chi connectivity index (χ1n) is 12.6. The maximum atomic E-state index is 13.5. The summed E-state index contributed by atoms with van der Waals surface area (Å²) in [6.07, 6.45) is 4.04. The predicted octanol–water partition coefficient (Wildman–Crippen LogP) is 4.55. The van der Waals surface area contributed by atoms with E-state index >= 15 is 0 Å². The van der Waals surface area contributed by atoms with Crippen LogP contribution in [0.15, 0.2) is 78.9 Å². The summed E-state index contributed by atoms with van der Waals surface area (Å²) in [5.41, 5.74) is 3.60. The van der Waals surface area contributed by atoms with Crippen molar-refractivity contribution in [3.63, 3.8) is 0 Å². The van der Waals surface area contributed by atoms with Gasteiger partial charge in [0.25, 0.3) is 5.91 Å². The van der Waals surface area contributed by atoms with Gasteiger partial charge in [0.2, 0.25) is 5.91 Å². The summed E-state index contributed by atoms with van der Waals surface area (Å²) < 4.78 is 0. The zero-order chi connectivity index (χ0) is 25.2. The Bertz CT molecular complexity index is 1200. The van der Waals surface area contributed by atoms with Crippen molar-refractivity contribution in [2.24, 2.45) is 0 Å². The van der Waals surface area contributed by atoms with Crippen molar-refractivity contribution in [3.05, 3.63) is 101 Å². The van der Waals surface area contributed by atoms with Gasteiger partial charge >= 0.3 is 0 Å². The molecule has 184 valence electrons. The molecule has 0 bridgehead atoms. The van der Waals surface area contributed by atoms with E-state index < -0.39 is 0 Å². The maximum absolute atomic E-state index is 13.5. The number of carbonyl (C=O) groups excluding carboxylic acids is 2. The molecule has 0 aromatic heterocycles. The summed E-state index contributed by atoms with van der Waals surface area (Å²) in [7, 11) is 0. The number of benzene rings is 3. The molecular weight excluding hydrogens is 448 g/mol. The van der Waals surface area contributed by atoms with Gasteiger partial charge in [0, 0.05) is 24.3 Å². The number of piperidine rings is 1. The molecule has 2 amide bonds. The van der Waals surface area contributed by atoms with E-state index in [1.54, 1.807) is 29.2 Å². The van der Waals surface area contributed by atoms with Crippen LogP contribution in [0, 0.1) is 11.3 Å². The van der Waals surface area contributed by atoms with Gasteiger partial charge in [-0.15, -0.1) is 0 Å². The normalized spacial score (nSPS) is 13.5. The monoisotopic (exact) mass is 480 g/mol. The highest BCUT2D eigenvalue weighted by molar-refractivity contribution is 6.06. The standard InChI is InChI=1S/C30H32N4O2/c31-22-24-12-14-27(15-13-24)30(36)34(23-25-8-3-1-4-9-25)28-11-7-10-26(20-28)21-29(35)32-16-19-33-17-5-2-6-18-33/h1,3-4,7-15,20H,2,5-6,16-19,21,23H2,(H,32,35). The van der Waals surface area contributed by atoms with Crippen molar-refractivity contribution in [2.75, 3.05) is 31.1 Å². The van der Waals surface area contributed by atoms with Gasteiger partial charge in [-0.1, -0.05) is 48.9 Å². The van der Waals surface area contributed by atoms with Crippen LogP contribution in [0.4, 0.5) is 5.69 Å². The molecule has 1 saturated heterocycles. The van der Waals surface area contributed by atoms with E-state index in [1.165, 1.54) is 19.3 Å². The molecule has 1 aliphatic heterocycles. The van der Waals surface area contributed by atoms with Gasteiger partial charge in [-0.25, -0.2) is 0 Å². The number of likely N-dealkylation sites (tertiary alicyclic amines) is 1. The summed E-state index contributed by atoms with van der Waals surface area (Å²) in [6, 6.07) is 26.2. The van der Waals surface area contributed by atoms with E-state index in [4.69, 9.17) is 5.26 Å². The van der Waals surface area contributed by atoms with Gasteiger partial charge < -0.3 is 15.1 Å². The second-order valence-electron chi connectivity index (χ2n) is 9.16. The topological polar surface area (TPSA) is 76.4 Å². The molecule has 0 aliphatic carbocycles. The van der Waals surface area contributed by atoms with Crippen molar-refractivity contribution in [2.45, 2.75) is 32.2 Å². The number of nitrogens with one attached hydrogen (secondary N) is 1. The third kappa shape index (κ3) is 7.03. The van der Waals surface area contributed by atoms with E-state index in [9.17, 15) is 9.59 Å². The lowest BCUT2D eigenvalue weighted by Gasteiger charge is -2.26. The average Bonchev–Trinajstić information content (AvgIpc) is 2.93. The Kier molecular flexibility index (Phi) is 8.85. The quantitative estimate of drug-likeness (QED) is 0.488. The number of hydrogen-bond donors (Lipinski definition) is 1. The molecule has 0 atom stereocenters. The Morgan fingerprint density at radius 2 is 1.61 bits per heavy atom. The van der Waals surface area contributed by atoms with Crippen LogP contribution in [0.5, 0.6) is 0 Å². The van der Waals surface area contributed by atoms with E-state index in [0.717, 1.165) is 36.4 Å². The lowest BCUT2D eigenvalue weighted by molar-refractivity contribution is -0.120. The molecule has 1 N–H and O–H groups in total. The molecule has 6 heteroatoms. The van der Waals surface area contributed by atoms with Crippen LogP contribution >= 0.6 is 0 Å². The summed E-state index contributed by atoms with van der Waals surface area (Å²) in [4.78, 5) is 30.3. The van der Waals surface area contributed by atoms with Crippen molar-refractivity contribution in [1.82, 2.24) is 10.2 Å². The molecule has 0 unspecified atom stereocenters. The molecule has 0 radical (unpaired) electrons. The van der Waals surface area contributed by atoms with E-state index in [0.29, 0.717) is 24.2 Å². The lowest BCUT2D eigenvalue weighted by Crippen LogP contribution is -2.38. The first-order valence-corrected chi connectivity index (χ1v) is 12.6. The number of nitrogens with zero attached hydrogens (tertiary/aromatic N) is 3. The number of hydrogen-bond acceptors (Lipinski definition) is 4. The third-order valence-corrected chi connectivity index (χ3v) is 6.48. The van der Waals surface area contributed by atoms with E-state index in [1.807, 2.05) is 54.6 Å². The van der Waals surface area contributed by atoms with Crippen LogP contribution in [-0.2, 0) is 17.8 Å². The zero-order valence-corrected chi connectivity index (χ0v) is 20.5. The first kappa shape index (κ1) is 25.2. The van der Waals surface area contributed by atoms with Gasteiger partial charge in [-0.05, 0) is 73.5 Å². The molecule has 6 nitrogen and oxygen atoms in total. The number of carbonyl (C=O) groups is 2. The van der Waals surface area contributed by atoms with Crippen LogP contribution in [0.2, 0.25) is 0 Å². The summed E-state index contributed by atoms with van der Waals surface area (Å²) in [5, 5.41) is 12.1. The van der Waals surface area contributed by atoms with Gasteiger partial charge in [0.05, 0.1) is 24.6 Å². The molecule has 3 aromatic rings. The summed E-state index contributed by atoms with van der Waals surface area (Å²) in [6.45, 7) is 4.15. The maximum Gasteiger partial charge on any atom is 0.258 e. The minimum Gasteiger partial charge on any atom is -0.355 e. The van der Waals surface area contributed by atoms with E-state index in [2.05, 4.69) is 16.3 Å². The molecule has 1 heterocycles. The molecule has 4 rings (SSSR count). The van der Waals surface area contributed by atoms with Crippen LogP contribution in [0.3, 0.4) is 0 Å². The summed E-state index contributed by atoms with van der Waals surface area (Å²) in [5.74, 6) is -0.177. The highest BCUT2D eigenvalue weighted by atomic mass is 16.2. The van der Waals surface area contributed by atoms with Crippen molar-refractivity contribution < 1.29 is 9.59 Å². The molecule has 0 saturated carbocycles. The highest BCUT2D eigenvalue weighted by Crippen LogP contribution is 2.22. The van der Waals surface area contributed by atoms with Crippen LogP contribution in [0.1, 0.15) is 46.3 Å².